The van der Waals surface area contributed by atoms with Crippen molar-refractivity contribution in [1.82, 2.24) is 15.6 Å². The van der Waals surface area contributed by atoms with Crippen molar-refractivity contribution in [2.75, 3.05) is 13.2 Å². The molecule has 56 heavy (non-hydrogen) atoms. The molecule has 0 bridgehead atoms. The third kappa shape index (κ3) is 15.6. The van der Waals surface area contributed by atoms with Crippen LogP contribution in [-0.4, -0.2) is 76.2 Å². The second-order valence-electron chi connectivity index (χ2n) is 16.6. The average Bonchev–Trinajstić information content (AvgIpc) is 3.49. The summed E-state index contributed by atoms with van der Waals surface area (Å²) in [5.74, 6) is -0.800. The van der Waals surface area contributed by atoms with Crippen molar-refractivity contribution in [2.24, 2.45) is 17.6 Å². The quantitative estimate of drug-likeness (QED) is 0.0561. The van der Waals surface area contributed by atoms with Gasteiger partial charge in [-0.1, -0.05) is 38.1 Å². The molecule has 2 amide bonds. The molecule has 2 heterocycles. The second kappa shape index (κ2) is 19.7. The number of carbonyl (C=O) groups is 4. The van der Waals surface area contributed by atoms with Gasteiger partial charge in [0.2, 0.25) is 5.71 Å². The first-order chi connectivity index (χ1) is 26.0. The molecule has 0 saturated carbocycles. The Hall–Kier alpha value is -5.05. The molecule has 1 aromatic carbocycles. The molecule has 0 fully saturated rings. The Morgan fingerprint density at radius 1 is 0.893 bits per heavy atom. The number of thiazole rings is 1. The molecule has 0 unspecified atom stereocenters. The molecule has 15 heteroatoms. The van der Waals surface area contributed by atoms with Gasteiger partial charge in [0.25, 0.3) is 0 Å². The summed E-state index contributed by atoms with van der Waals surface area (Å²) in [6.45, 7) is 18.8. The highest BCUT2D eigenvalue weighted by atomic mass is 32.1. The summed E-state index contributed by atoms with van der Waals surface area (Å²) >= 11 is 1.33. The molecule has 0 spiro atoms. The van der Waals surface area contributed by atoms with E-state index < -0.39 is 46.9 Å². The van der Waals surface area contributed by atoms with Crippen LogP contribution in [0.2, 0.25) is 0 Å². The zero-order valence-electron chi connectivity index (χ0n) is 34.5. The largest absolute Gasteiger partial charge is 0.490 e. The summed E-state index contributed by atoms with van der Waals surface area (Å²) in [4.78, 5) is 60.1. The molecule has 0 radical (unpaired) electrons. The van der Waals surface area contributed by atoms with E-state index in [9.17, 15) is 24.3 Å². The minimum Gasteiger partial charge on any atom is -0.490 e. The van der Waals surface area contributed by atoms with Crippen LogP contribution >= 0.6 is 11.3 Å². The van der Waals surface area contributed by atoms with Crippen LogP contribution in [0.5, 0.6) is 5.75 Å². The molecule has 3 rings (SSSR count). The summed E-state index contributed by atoms with van der Waals surface area (Å²) < 4.78 is 18.7. The van der Waals surface area contributed by atoms with Crippen LogP contribution < -0.4 is 19.9 Å². The van der Waals surface area contributed by atoms with Gasteiger partial charge in [-0.25, -0.2) is 23.9 Å². The maximum atomic E-state index is 13.6. The lowest BCUT2D eigenvalue weighted by Crippen LogP contribution is -2.45. The Kier molecular flexibility index (Phi) is 15.9. The lowest BCUT2D eigenvalue weighted by atomic mass is 9.89. The fourth-order valence-electron chi connectivity index (χ4n) is 5.17. The van der Waals surface area contributed by atoms with Gasteiger partial charge in [0.1, 0.15) is 36.3 Å². The molecular weight excluding hydrogens is 739 g/mol. The zero-order chi connectivity index (χ0) is 41.8. The number of ketones is 1. The molecule has 0 aliphatic rings. The fourth-order valence-corrected chi connectivity index (χ4v) is 5.77. The van der Waals surface area contributed by atoms with Gasteiger partial charge in [-0.2, -0.15) is 0 Å². The SMILES string of the molecule is Cc1nc(/C(=N/O[C@@H](COc2ccc(-c3ccc(CC(=O)[C@H](CCCCNC(=O)OC(C)(C)C)NC(=O)OC(C)(C)C)[n+](C)c3)cc2)C(C)(C)C)C(=O)O)cs1. The number of oxime groups is 1. The predicted molar refractivity (Wildman–Crippen MR) is 214 cm³/mol. The third-order valence-corrected chi connectivity index (χ3v) is 8.93. The zero-order valence-corrected chi connectivity index (χ0v) is 35.3. The highest BCUT2D eigenvalue weighted by molar-refractivity contribution is 7.09. The van der Waals surface area contributed by atoms with E-state index in [0.29, 0.717) is 31.6 Å². The number of carboxylic acids is 1. The second-order valence-corrected chi connectivity index (χ2v) is 17.6. The van der Waals surface area contributed by atoms with Crippen LogP contribution in [-0.2, 0) is 37.4 Å². The van der Waals surface area contributed by atoms with Crippen LogP contribution in [0.4, 0.5) is 9.59 Å². The van der Waals surface area contributed by atoms with Crippen LogP contribution in [0.1, 0.15) is 98.0 Å². The fraction of sp³-hybridized carbons (Fsp3) is 0.537. The molecule has 2 atom stereocenters. The van der Waals surface area contributed by atoms with Crippen molar-refractivity contribution in [3.8, 4) is 16.9 Å². The van der Waals surface area contributed by atoms with Crippen LogP contribution in [0, 0.1) is 12.3 Å². The number of alkyl carbamates (subject to hydrolysis) is 2. The van der Waals surface area contributed by atoms with E-state index in [1.165, 1.54) is 11.3 Å². The lowest BCUT2D eigenvalue weighted by Gasteiger charge is -2.28. The van der Waals surface area contributed by atoms with Gasteiger partial charge in [-0.15, -0.1) is 11.3 Å². The molecule has 3 aromatic rings. The third-order valence-electron chi connectivity index (χ3n) is 8.15. The van der Waals surface area contributed by atoms with E-state index in [-0.39, 0.29) is 30.2 Å². The molecule has 3 N–H and O–H groups in total. The number of aliphatic carboxylic acids is 1. The Labute approximate surface area is 334 Å². The van der Waals surface area contributed by atoms with Crippen molar-refractivity contribution < 1.29 is 47.9 Å². The van der Waals surface area contributed by atoms with Gasteiger partial charge in [0.15, 0.2) is 23.8 Å². The maximum absolute atomic E-state index is 13.6. The molecular formula is C41H58N5O9S+. The molecule has 0 aliphatic heterocycles. The molecule has 14 nitrogen and oxygen atoms in total. The highest BCUT2D eigenvalue weighted by Gasteiger charge is 2.30. The smallest absolute Gasteiger partial charge is 0.408 e. The van der Waals surface area contributed by atoms with E-state index in [2.05, 4.69) is 20.8 Å². The topological polar surface area (TPSA) is 179 Å². The normalized spacial score (nSPS) is 13.3. The van der Waals surface area contributed by atoms with Gasteiger partial charge in [0, 0.05) is 29.0 Å². The lowest BCUT2D eigenvalue weighted by molar-refractivity contribution is -0.678. The number of carbonyl (C=O) groups excluding carboxylic acids is 3. The molecule has 0 aliphatic carbocycles. The van der Waals surface area contributed by atoms with Gasteiger partial charge >= 0.3 is 18.2 Å². The number of amides is 2. The number of hydrogen-bond donors (Lipinski definition) is 3. The Morgan fingerprint density at radius 3 is 2.07 bits per heavy atom. The molecule has 2 aromatic heterocycles. The van der Waals surface area contributed by atoms with Crippen LogP contribution in [0.3, 0.4) is 0 Å². The Morgan fingerprint density at radius 2 is 1.52 bits per heavy atom. The van der Waals surface area contributed by atoms with Gasteiger partial charge < -0.3 is 34.8 Å². The van der Waals surface area contributed by atoms with E-state index in [1.54, 1.807) is 53.8 Å². The number of Topliss-reactive ketones (excluding diaryl/α,β-unsaturated/α-hetero) is 1. The first-order valence-electron chi connectivity index (χ1n) is 18.6. The van der Waals surface area contributed by atoms with E-state index >= 15 is 0 Å². The number of unbranched alkanes of at least 4 members (excludes halogenated alkanes) is 1. The summed E-state index contributed by atoms with van der Waals surface area (Å²) in [7, 11) is 1.86. The number of benzene rings is 1. The van der Waals surface area contributed by atoms with Gasteiger partial charge in [-0.05, 0) is 91.5 Å². The number of nitrogens with zero attached hydrogens (tertiary/aromatic N) is 3. The average molecular weight is 797 g/mol. The van der Waals surface area contributed by atoms with Crippen LogP contribution in [0.25, 0.3) is 11.1 Å². The first-order valence-corrected chi connectivity index (χ1v) is 19.5. The standard InChI is InChI=1S/C41H57N5O9S/c1-26-43-32(25-56-26)35(36(48)49)45-55-34(39(2,3)4)24-52-30-19-16-27(17-20-30)28-15-18-29(46(11)23-28)22-33(47)31(44-38(51)54-41(8,9)10)14-12-13-21-42-37(50)53-40(5,6)7/h15-20,23,25,31,34H,12-14,21-22,24H2,1-11H3,(H2-,42,44,48,49,50,51)/p+1/b45-35-/t31-,34-/m0/s1. The number of carboxylic acid groups (broad SMARTS) is 1. The molecule has 0 saturated heterocycles. The maximum Gasteiger partial charge on any atom is 0.408 e. The highest BCUT2D eigenvalue weighted by Crippen LogP contribution is 2.26. The van der Waals surface area contributed by atoms with Crippen molar-refractivity contribution in [3.63, 3.8) is 0 Å². The van der Waals surface area contributed by atoms with E-state index in [1.807, 2.05) is 75.0 Å². The Balaban J connectivity index is 1.64. The first kappa shape index (κ1) is 45.3. The van der Waals surface area contributed by atoms with E-state index in [0.717, 1.165) is 21.8 Å². The van der Waals surface area contributed by atoms with E-state index in [4.69, 9.17) is 19.0 Å². The van der Waals surface area contributed by atoms with Crippen molar-refractivity contribution in [2.45, 2.75) is 118 Å². The van der Waals surface area contributed by atoms with Crippen LogP contribution in [0.15, 0.2) is 53.1 Å². The summed E-state index contributed by atoms with van der Waals surface area (Å²) in [6.07, 6.45) is 1.81. The number of rotatable bonds is 17. The number of ether oxygens (including phenoxy) is 3. The van der Waals surface area contributed by atoms with Crippen molar-refractivity contribution in [1.29, 1.82) is 0 Å². The van der Waals surface area contributed by atoms with Gasteiger partial charge in [-0.3, -0.25) is 4.79 Å². The minimum atomic E-state index is -1.23. The monoisotopic (exact) mass is 796 g/mol. The number of aryl methyl sites for hydroxylation is 2. The number of nitrogens with one attached hydrogen (secondary N) is 2. The Bertz CT molecular complexity index is 1840. The summed E-state index contributed by atoms with van der Waals surface area (Å²) in [6, 6.07) is 10.6. The van der Waals surface area contributed by atoms with Crippen molar-refractivity contribution >= 4 is 41.0 Å². The number of pyridine rings is 1. The van der Waals surface area contributed by atoms with Crippen molar-refractivity contribution in [3.05, 3.63) is 64.4 Å². The summed E-state index contributed by atoms with van der Waals surface area (Å²) in [5, 5.41) is 21.5. The summed E-state index contributed by atoms with van der Waals surface area (Å²) in [5.41, 5.74) is 0.828. The minimum absolute atomic E-state index is 0.0820. The molecule has 306 valence electrons. The number of hydrogen-bond acceptors (Lipinski definition) is 11. The predicted octanol–water partition coefficient (Wildman–Crippen LogP) is 6.94. The number of aromatic nitrogens is 2. The van der Waals surface area contributed by atoms with Gasteiger partial charge in [0.05, 0.1) is 17.5 Å².